The molecule has 0 aliphatic carbocycles. The first-order valence-electron chi connectivity index (χ1n) is 9.67. The zero-order valence-corrected chi connectivity index (χ0v) is 16.9. The molecular weight excluding hydrogens is 400 g/mol. The fraction of sp³-hybridized carbons (Fsp3) is 0.120. The van der Waals surface area contributed by atoms with Crippen molar-refractivity contribution in [3.8, 4) is 0 Å². The molecule has 0 saturated carbocycles. The van der Waals surface area contributed by atoms with Gasteiger partial charge in [0, 0.05) is 11.3 Å². The number of aliphatic hydroxyl groups excluding tert-OH is 1. The van der Waals surface area contributed by atoms with Gasteiger partial charge in [-0.2, -0.15) is 0 Å². The Balaban J connectivity index is 1.96. The lowest BCUT2D eigenvalue weighted by atomic mass is 9.94. The van der Waals surface area contributed by atoms with Crippen LogP contribution in [0.2, 0.25) is 0 Å². The molecule has 0 radical (unpaired) electrons. The quantitative estimate of drug-likeness (QED) is 0.360. The highest BCUT2D eigenvalue weighted by Crippen LogP contribution is 2.42. The average molecular weight is 419 g/mol. The van der Waals surface area contributed by atoms with Gasteiger partial charge in [-0.3, -0.25) is 14.5 Å². The third kappa shape index (κ3) is 3.61. The van der Waals surface area contributed by atoms with Gasteiger partial charge in [-0.1, -0.05) is 29.8 Å². The molecule has 1 heterocycles. The van der Waals surface area contributed by atoms with Crippen LogP contribution in [0.15, 0.2) is 72.3 Å². The Morgan fingerprint density at radius 2 is 1.65 bits per heavy atom. The van der Waals surface area contributed by atoms with Crippen molar-refractivity contribution >= 4 is 23.1 Å². The van der Waals surface area contributed by atoms with E-state index in [1.807, 2.05) is 19.1 Å². The lowest BCUT2D eigenvalue weighted by Gasteiger charge is -2.25. The standard InChI is InChI=1S/C25H19F2NO3/c1-14-4-3-5-16(12-14)22-21(23(29)17-6-11-20(27)15(2)13-17)24(30)25(31)28(22)19-9-7-18(26)8-10-19/h3-13,22,29H,1-2H3/b23-21-. The van der Waals surface area contributed by atoms with Gasteiger partial charge in [0.25, 0.3) is 11.7 Å². The first-order chi connectivity index (χ1) is 14.8. The molecule has 4 rings (SSSR count). The van der Waals surface area contributed by atoms with Crippen LogP contribution in [0, 0.1) is 25.5 Å². The molecule has 3 aromatic carbocycles. The monoisotopic (exact) mass is 419 g/mol. The molecule has 1 saturated heterocycles. The molecule has 1 atom stereocenters. The molecule has 1 fully saturated rings. The Morgan fingerprint density at radius 3 is 2.29 bits per heavy atom. The molecule has 31 heavy (non-hydrogen) atoms. The number of carbonyl (C=O) groups excluding carboxylic acids is 2. The van der Waals surface area contributed by atoms with Gasteiger partial charge in [0.2, 0.25) is 0 Å². The number of nitrogens with zero attached hydrogens (tertiary/aromatic N) is 1. The molecule has 1 amide bonds. The topological polar surface area (TPSA) is 57.6 Å². The number of halogens is 2. The summed E-state index contributed by atoms with van der Waals surface area (Å²) in [7, 11) is 0. The summed E-state index contributed by atoms with van der Waals surface area (Å²) in [6.45, 7) is 3.41. The lowest BCUT2D eigenvalue weighted by molar-refractivity contribution is -0.132. The third-order valence-electron chi connectivity index (χ3n) is 5.34. The maximum absolute atomic E-state index is 13.7. The number of aryl methyl sites for hydroxylation is 2. The van der Waals surface area contributed by atoms with Gasteiger partial charge < -0.3 is 5.11 Å². The lowest BCUT2D eigenvalue weighted by Crippen LogP contribution is -2.29. The molecule has 1 aliphatic rings. The predicted octanol–water partition coefficient (Wildman–Crippen LogP) is 5.21. The number of anilines is 1. The maximum atomic E-state index is 13.7. The Kier molecular flexibility index (Phi) is 5.15. The van der Waals surface area contributed by atoms with Gasteiger partial charge in [-0.15, -0.1) is 0 Å². The predicted molar refractivity (Wildman–Crippen MR) is 113 cm³/mol. The summed E-state index contributed by atoms with van der Waals surface area (Å²) >= 11 is 0. The number of aliphatic hydroxyl groups is 1. The largest absolute Gasteiger partial charge is 0.507 e. The molecule has 1 N–H and O–H groups in total. The molecule has 156 valence electrons. The summed E-state index contributed by atoms with van der Waals surface area (Å²) in [5.41, 5.74) is 2.26. The highest BCUT2D eigenvalue weighted by Gasteiger charge is 2.47. The SMILES string of the molecule is Cc1cccc(C2/C(=C(/O)c3ccc(F)c(C)c3)C(=O)C(=O)N2c2ccc(F)cc2)c1. The third-order valence-corrected chi connectivity index (χ3v) is 5.34. The first-order valence-corrected chi connectivity index (χ1v) is 9.67. The van der Waals surface area contributed by atoms with E-state index >= 15 is 0 Å². The van der Waals surface area contributed by atoms with Crippen molar-refractivity contribution < 1.29 is 23.5 Å². The van der Waals surface area contributed by atoms with Gasteiger partial charge in [-0.25, -0.2) is 8.78 Å². The molecule has 3 aromatic rings. The zero-order chi connectivity index (χ0) is 22.3. The van der Waals surface area contributed by atoms with Crippen LogP contribution < -0.4 is 4.90 Å². The number of benzene rings is 3. The van der Waals surface area contributed by atoms with Crippen molar-refractivity contribution in [2.24, 2.45) is 0 Å². The summed E-state index contributed by atoms with van der Waals surface area (Å²) in [4.78, 5) is 27.3. The van der Waals surface area contributed by atoms with Crippen LogP contribution in [0.5, 0.6) is 0 Å². The molecule has 0 bridgehead atoms. The zero-order valence-electron chi connectivity index (χ0n) is 16.9. The van der Waals surface area contributed by atoms with E-state index in [2.05, 4.69) is 0 Å². The minimum Gasteiger partial charge on any atom is -0.507 e. The van der Waals surface area contributed by atoms with Gasteiger partial charge >= 0.3 is 0 Å². The fourth-order valence-corrected chi connectivity index (χ4v) is 3.80. The van der Waals surface area contributed by atoms with Crippen molar-refractivity contribution in [1.82, 2.24) is 0 Å². The normalized spacial score (nSPS) is 17.9. The Bertz CT molecular complexity index is 1230. The first kappa shape index (κ1) is 20.5. The van der Waals surface area contributed by atoms with Gasteiger partial charge in [0.05, 0.1) is 11.6 Å². The minimum atomic E-state index is -0.921. The number of hydrogen-bond acceptors (Lipinski definition) is 3. The van der Waals surface area contributed by atoms with Crippen molar-refractivity contribution in [3.05, 3.63) is 106 Å². The van der Waals surface area contributed by atoms with Crippen LogP contribution in [0.3, 0.4) is 0 Å². The second kappa shape index (κ2) is 7.80. The number of amides is 1. The van der Waals surface area contributed by atoms with E-state index in [1.165, 1.54) is 47.4 Å². The van der Waals surface area contributed by atoms with Crippen LogP contribution in [0.1, 0.15) is 28.3 Å². The molecular formula is C25H19F2NO3. The van der Waals surface area contributed by atoms with Crippen molar-refractivity contribution in [3.63, 3.8) is 0 Å². The van der Waals surface area contributed by atoms with Gasteiger partial charge in [0.1, 0.15) is 17.4 Å². The molecule has 1 aliphatic heterocycles. The Morgan fingerprint density at radius 1 is 0.935 bits per heavy atom. The molecule has 4 nitrogen and oxygen atoms in total. The number of carbonyl (C=O) groups is 2. The molecule has 0 spiro atoms. The second-order valence-corrected chi connectivity index (χ2v) is 7.52. The Hall–Kier alpha value is -3.80. The van der Waals surface area contributed by atoms with Crippen LogP contribution >= 0.6 is 0 Å². The summed E-state index contributed by atoms with van der Waals surface area (Å²) in [6.07, 6.45) is 0. The Labute approximate surface area is 178 Å². The average Bonchev–Trinajstić information content (AvgIpc) is 3.01. The van der Waals surface area contributed by atoms with Crippen molar-refractivity contribution in [1.29, 1.82) is 0 Å². The summed E-state index contributed by atoms with van der Waals surface area (Å²) in [5.74, 6) is -3.01. The maximum Gasteiger partial charge on any atom is 0.300 e. The van der Waals surface area contributed by atoms with Crippen LogP contribution in [-0.4, -0.2) is 16.8 Å². The van der Waals surface area contributed by atoms with E-state index in [9.17, 15) is 23.5 Å². The second-order valence-electron chi connectivity index (χ2n) is 7.52. The smallest absolute Gasteiger partial charge is 0.300 e. The number of rotatable bonds is 3. The van der Waals surface area contributed by atoms with Crippen LogP contribution in [0.25, 0.3) is 5.76 Å². The van der Waals surface area contributed by atoms with E-state index in [4.69, 9.17) is 0 Å². The number of hydrogen-bond donors (Lipinski definition) is 1. The molecule has 6 heteroatoms. The van der Waals surface area contributed by atoms with Gasteiger partial charge in [-0.05, 0) is 67.4 Å². The van der Waals surface area contributed by atoms with Crippen molar-refractivity contribution in [2.45, 2.75) is 19.9 Å². The van der Waals surface area contributed by atoms with E-state index in [0.717, 1.165) is 5.56 Å². The number of Topliss-reactive ketones (excluding diaryl/α,β-unsaturated/α-hetero) is 1. The number of ketones is 1. The summed E-state index contributed by atoms with van der Waals surface area (Å²) < 4.78 is 27.2. The molecule has 0 aromatic heterocycles. The summed E-state index contributed by atoms with van der Waals surface area (Å²) in [6, 6.07) is 15.5. The van der Waals surface area contributed by atoms with Crippen LogP contribution in [0.4, 0.5) is 14.5 Å². The highest BCUT2D eigenvalue weighted by atomic mass is 19.1. The van der Waals surface area contributed by atoms with E-state index in [-0.39, 0.29) is 11.1 Å². The van der Waals surface area contributed by atoms with Crippen LogP contribution in [-0.2, 0) is 9.59 Å². The van der Waals surface area contributed by atoms with E-state index in [0.29, 0.717) is 16.8 Å². The highest BCUT2D eigenvalue weighted by molar-refractivity contribution is 6.51. The van der Waals surface area contributed by atoms with Crippen molar-refractivity contribution in [2.75, 3.05) is 4.90 Å². The van der Waals surface area contributed by atoms with E-state index < -0.39 is 35.1 Å². The fourth-order valence-electron chi connectivity index (χ4n) is 3.80. The summed E-state index contributed by atoms with van der Waals surface area (Å²) in [5, 5.41) is 11.0. The van der Waals surface area contributed by atoms with Gasteiger partial charge in [0.15, 0.2) is 0 Å². The molecule has 1 unspecified atom stereocenters. The minimum absolute atomic E-state index is 0.106. The van der Waals surface area contributed by atoms with E-state index in [1.54, 1.807) is 19.1 Å².